The van der Waals surface area contributed by atoms with E-state index in [0.29, 0.717) is 47.2 Å². The summed E-state index contributed by atoms with van der Waals surface area (Å²) in [6, 6.07) is 9.44. The first kappa shape index (κ1) is 29.5. The molecule has 2 saturated heterocycles. The summed E-state index contributed by atoms with van der Waals surface area (Å²) in [5.41, 5.74) is 0.579. The highest BCUT2D eigenvalue weighted by Crippen LogP contribution is 2.42. The van der Waals surface area contributed by atoms with Crippen molar-refractivity contribution in [3.05, 3.63) is 35.9 Å². The molecular weight excluding hydrogens is 534 g/mol. The number of nitrogens with one attached hydrogen (secondary N) is 2. The van der Waals surface area contributed by atoms with Crippen molar-refractivity contribution in [3.8, 4) is 0 Å². The topological polar surface area (TPSA) is 93.7 Å². The molecule has 2 fully saturated rings. The molecule has 0 saturated carbocycles. The van der Waals surface area contributed by atoms with Gasteiger partial charge in [-0.3, -0.25) is 14.4 Å². The fourth-order valence-electron chi connectivity index (χ4n) is 6.21. The normalized spacial score (nSPS) is 23.0. The van der Waals surface area contributed by atoms with Gasteiger partial charge in [-0.2, -0.15) is 0 Å². The quantitative estimate of drug-likeness (QED) is 0.427. The number of pyridine rings is 2. The van der Waals surface area contributed by atoms with Gasteiger partial charge in [0.15, 0.2) is 0 Å². The largest absolute Gasteiger partial charge is 0.370 e. The number of rotatable bonds is 4. The average molecular weight is 580 g/mol. The Morgan fingerprint density at radius 1 is 1.10 bits per heavy atom. The molecule has 5 rings (SSSR count). The molecule has 9 nitrogen and oxygen atoms in total. The van der Waals surface area contributed by atoms with Crippen LogP contribution in [0, 0.1) is 17.3 Å². The van der Waals surface area contributed by atoms with Crippen LogP contribution in [-0.4, -0.2) is 65.1 Å². The third kappa shape index (κ3) is 6.74. The maximum Gasteiger partial charge on any atom is 0.325 e. The second-order valence-corrected chi connectivity index (χ2v) is 14.4. The summed E-state index contributed by atoms with van der Waals surface area (Å²) in [5, 5.41) is 4.17. The number of hydrogen-bond acceptors (Lipinski definition) is 7. The molecule has 2 aromatic rings. The number of hydrogen-bond donors (Lipinski definition) is 2. The van der Waals surface area contributed by atoms with Crippen molar-refractivity contribution in [1.29, 1.82) is 0 Å². The van der Waals surface area contributed by atoms with Gasteiger partial charge in [0.2, 0.25) is 0 Å². The van der Waals surface area contributed by atoms with Crippen LogP contribution in [0.1, 0.15) is 77.6 Å². The van der Waals surface area contributed by atoms with Crippen LogP contribution in [0.15, 0.2) is 35.4 Å². The Bertz CT molecular complexity index is 1280. The lowest BCUT2D eigenvalue weighted by Gasteiger charge is -2.34. The maximum absolute atomic E-state index is 13.6. The van der Waals surface area contributed by atoms with E-state index in [1.807, 2.05) is 35.2 Å². The SMILES string of the molecule is CC1CCNc2cccc(n2)SNC(=O)c2ccc(N3CCN(CCCC(C)(C)C)C3=O)nc2N2CC1CC2(C)C. The summed E-state index contributed by atoms with van der Waals surface area (Å²) >= 11 is 1.20. The Morgan fingerprint density at radius 3 is 2.68 bits per heavy atom. The van der Waals surface area contributed by atoms with Gasteiger partial charge in [-0.15, -0.1) is 0 Å². The molecular formula is C31H45N7O2S. The van der Waals surface area contributed by atoms with E-state index < -0.39 is 0 Å². The van der Waals surface area contributed by atoms with Crippen LogP contribution in [0.3, 0.4) is 0 Å². The lowest BCUT2D eigenvalue weighted by Crippen LogP contribution is -2.40. The Kier molecular flexibility index (Phi) is 8.41. The van der Waals surface area contributed by atoms with E-state index in [0.717, 1.165) is 51.1 Å². The van der Waals surface area contributed by atoms with Crippen LogP contribution >= 0.6 is 11.9 Å². The van der Waals surface area contributed by atoms with E-state index in [4.69, 9.17) is 4.98 Å². The molecule has 3 amide bonds. The molecule has 2 N–H and O–H groups in total. The van der Waals surface area contributed by atoms with Crippen molar-refractivity contribution < 1.29 is 9.59 Å². The smallest absolute Gasteiger partial charge is 0.325 e. The van der Waals surface area contributed by atoms with Crippen molar-refractivity contribution in [1.82, 2.24) is 19.6 Å². The molecule has 2 atom stereocenters. The van der Waals surface area contributed by atoms with Crippen molar-refractivity contribution >= 4 is 41.3 Å². The summed E-state index contributed by atoms with van der Waals surface area (Å²) < 4.78 is 2.98. The summed E-state index contributed by atoms with van der Waals surface area (Å²) in [6.45, 7) is 17.2. The van der Waals surface area contributed by atoms with E-state index in [1.54, 1.807) is 4.90 Å². The zero-order chi connectivity index (χ0) is 29.4. The molecule has 2 unspecified atom stereocenters. The molecule has 41 heavy (non-hydrogen) atoms. The zero-order valence-corrected chi connectivity index (χ0v) is 26.2. The number of nitrogens with zero attached hydrogens (tertiary/aromatic N) is 5. The highest BCUT2D eigenvalue weighted by Gasteiger charge is 2.43. The molecule has 0 spiro atoms. The number of anilines is 3. The standard InChI is InChI=1S/C31H45N7O2S/c1-21-13-15-32-24-9-7-10-26(33-24)41-35-28(39)23-11-12-25(34-27(23)38-20-22(21)19-31(38,5)6)37-18-17-36(29(37)40)16-8-14-30(2,3)4/h7,9-12,21-22H,8,13-20H2,1-6H3,(H,32,33)(H,35,39). The second kappa shape index (κ2) is 11.7. The first-order valence-electron chi connectivity index (χ1n) is 14.9. The van der Waals surface area contributed by atoms with Gasteiger partial charge in [0, 0.05) is 50.2 Å². The van der Waals surface area contributed by atoms with Gasteiger partial charge in [0.1, 0.15) is 22.5 Å². The first-order chi connectivity index (χ1) is 19.4. The third-order valence-electron chi connectivity index (χ3n) is 8.68. The van der Waals surface area contributed by atoms with Gasteiger partial charge in [0.25, 0.3) is 5.91 Å². The fraction of sp³-hybridized carbons (Fsp3) is 0.613. The molecule has 0 aliphatic carbocycles. The van der Waals surface area contributed by atoms with Crippen LogP contribution in [-0.2, 0) is 0 Å². The number of fused-ring (bicyclic) bond motifs is 6. The van der Waals surface area contributed by atoms with Crippen LogP contribution in [0.25, 0.3) is 0 Å². The highest BCUT2D eigenvalue weighted by atomic mass is 32.2. The van der Waals surface area contributed by atoms with Gasteiger partial charge in [-0.05, 0) is 81.0 Å². The number of carbonyl (C=O) groups is 2. The predicted molar refractivity (Wildman–Crippen MR) is 167 cm³/mol. The predicted octanol–water partition coefficient (Wildman–Crippen LogP) is 6.04. The molecule has 4 bridgehead atoms. The van der Waals surface area contributed by atoms with Gasteiger partial charge < -0.3 is 15.1 Å². The third-order valence-corrected chi connectivity index (χ3v) is 9.40. The minimum Gasteiger partial charge on any atom is -0.370 e. The fourth-order valence-corrected chi connectivity index (χ4v) is 6.81. The van der Waals surface area contributed by atoms with Crippen molar-refractivity contribution in [2.45, 2.75) is 77.8 Å². The molecule has 10 heteroatoms. The van der Waals surface area contributed by atoms with Crippen LogP contribution in [0.4, 0.5) is 22.2 Å². The number of amides is 3. The van der Waals surface area contributed by atoms with Crippen molar-refractivity contribution in [2.24, 2.45) is 17.3 Å². The van der Waals surface area contributed by atoms with Crippen LogP contribution in [0.2, 0.25) is 0 Å². The Hall–Kier alpha value is -3.01. The van der Waals surface area contributed by atoms with Crippen LogP contribution in [0.5, 0.6) is 0 Å². The van der Waals surface area contributed by atoms with E-state index in [1.165, 1.54) is 11.9 Å². The van der Waals surface area contributed by atoms with Gasteiger partial charge in [0.05, 0.1) is 5.56 Å². The minimum absolute atomic E-state index is 0.00542. The molecule has 222 valence electrons. The molecule has 3 aliphatic heterocycles. The first-order valence-corrected chi connectivity index (χ1v) is 15.8. The van der Waals surface area contributed by atoms with Gasteiger partial charge in [-0.25, -0.2) is 14.8 Å². The van der Waals surface area contributed by atoms with Gasteiger partial charge >= 0.3 is 6.03 Å². The van der Waals surface area contributed by atoms with Gasteiger partial charge in [-0.1, -0.05) is 33.8 Å². The zero-order valence-electron chi connectivity index (χ0n) is 25.4. The van der Waals surface area contributed by atoms with E-state index in [-0.39, 0.29) is 22.9 Å². The monoisotopic (exact) mass is 579 g/mol. The molecule has 3 aliphatic rings. The number of carbonyl (C=O) groups excluding carboxylic acids is 2. The Balaban J connectivity index is 1.44. The molecule has 5 heterocycles. The van der Waals surface area contributed by atoms with Crippen molar-refractivity contribution in [2.75, 3.05) is 47.8 Å². The molecule has 0 radical (unpaired) electrons. The molecule has 2 aromatic heterocycles. The highest BCUT2D eigenvalue weighted by molar-refractivity contribution is 7.97. The Morgan fingerprint density at radius 2 is 1.90 bits per heavy atom. The van der Waals surface area contributed by atoms with E-state index in [9.17, 15) is 9.59 Å². The summed E-state index contributed by atoms with van der Waals surface area (Å²) in [6.07, 6.45) is 4.08. The molecule has 0 aromatic carbocycles. The van der Waals surface area contributed by atoms with Crippen LogP contribution < -0.4 is 19.8 Å². The Labute approximate surface area is 249 Å². The van der Waals surface area contributed by atoms with Crippen molar-refractivity contribution in [3.63, 3.8) is 0 Å². The second-order valence-electron chi connectivity index (χ2n) is 13.6. The van der Waals surface area contributed by atoms with E-state index >= 15 is 0 Å². The number of urea groups is 1. The maximum atomic E-state index is 13.6. The lowest BCUT2D eigenvalue weighted by molar-refractivity contribution is 0.0984. The summed E-state index contributed by atoms with van der Waals surface area (Å²) in [4.78, 5) is 42.7. The number of aromatic nitrogens is 2. The minimum atomic E-state index is -0.220. The summed E-state index contributed by atoms with van der Waals surface area (Å²) in [7, 11) is 0. The average Bonchev–Trinajstić information content (AvgIpc) is 3.44. The summed E-state index contributed by atoms with van der Waals surface area (Å²) in [5.74, 6) is 2.79. The van der Waals surface area contributed by atoms with E-state index in [2.05, 4.69) is 61.5 Å². The lowest BCUT2D eigenvalue weighted by atomic mass is 9.86.